The van der Waals surface area contributed by atoms with Crippen molar-refractivity contribution in [2.24, 2.45) is 0 Å². The van der Waals surface area contributed by atoms with Gasteiger partial charge in [0.15, 0.2) is 0 Å². The quantitative estimate of drug-likeness (QED) is 0.625. The third kappa shape index (κ3) is 5.81. The summed E-state index contributed by atoms with van der Waals surface area (Å²) >= 11 is 0. The number of benzene rings is 2. The van der Waals surface area contributed by atoms with Crippen LogP contribution in [0, 0.1) is 5.82 Å². The minimum Gasteiger partial charge on any atom is -0.378 e. The number of hydrogen-bond donors (Lipinski definition) is 1. The van der Waals surface area contributed by atoms with E-state index in [-0.39, 0.29) is 23.2 Å². The number of rotatable bonds is 6. The molecule has 0 spiro atoms. The third-order valence-corrected chi connectivity index (χ3v) is 8.60. The van der Waals surface area contributed by atoms with Gasteiger partial charge in [0.05, 0.1) is 19.8 Å². The van der Waals surface area contributed by atoms with Crippen LogP contribution in [0.4, 0.5) is 10.1 Å². The van der Waals surface area contributed by atoms with Crippen LogP contribution < -0.4 is 10.2 Å². The van der Waals surface area contributed by atoms with Crippen molar-refractivity contribution in [3.05, 3.63) is 65.0 Å². The lowest BCUT2D eigenvalue weighted by molar-refractivity contribution is -0.121. The van der Waals surface area contributed by atoms with E-state index in [0.29, 0.717) is 37.6 Å². The number of nitrogens with zero attached hydrogens (tertiary/aromatic N) is 3. The molecule has 3 aliphatic heterocycles. The topological polar surface area (TPSA) is 48.1 Å². The van der Waals surface area contributed by atoms with Gasteiger partial charge in [-0.15, -0.1) is 0 Å². The van der Waals surface area contributed by atoms with Crippen LogP contribution >= 0.6 is 0 Å². The molecule has 2 aromatic carbocycles. The summed E-state index contributed by atoms with van der Waals surface area (Å²) in [4.78, 5) is 20.9. The summed E-state index contributed by atoms with van der Waals surface area (Å²) < 4.78 is 19.1. The van der Waals surface area contributed by atoms with E-state index in [1.54, 1.807) is 0 Å². The Labute approximate surface area is 227 Å². The molecule has 1 amide bonds. The van der Waals surface area contributed by atoms with Crippen LogP contribution in [0.5, 0.6) is 0 Å². The molecule has 0 saturated carbocycles. The lowest BCUT2D eigenvalue weighted by Crippen LogP contribution is -2.63. The van der Waals surface area contributed by atoms with E-state index in [2.05, 4.69) is 67.9 Å². The zero-order valence-electron chi connectivity index (χ0n) is 23.5. The largest absolute Gasteiger partial charge is 0.378 e. The number of hydrogen-bond acceptors (Lipinski definition) is 5. The molecule has 3 aliphatic rings. The first kappa shape index (κ1) is 27.3. The second-order valence-corrected chi connectivity index (χ2v) is 12.3. The molecule has 6 nitrogen and oxygen atoms in total. The molecule has 0 bridgehead atoms. The maximum Gasteiger partial charge on any atom is 0.241 e. The van der Waals surface area contributed by atoms with Gasteiger partial charge in [-0.1, -0.05) is 38.1 Å². The molecule has 0 radical (unpaired) electrons. The zero-order chi connectivity index (χ0) is 27.0. The number of nitrogens with one attached hydrogen (secondary N) is 1. The summed E-state index contributed by atoms with van der Waals surface area (Å²) in [6.45, 7) is 16.4. The summed E-state index contributed by atoms with van der Waals surface area (Å²) in [6, 6.07) is 14.5. The zero-order valence-corrected chi connectivity index (χ0v) is 23.5. The number of amides is 1. The third-order valence-electron chi connectivity index (χ3n) is 8.60. The van der Waals surface area contributed by atoms with Crippen LogP contribution in [0.3, 0.4) is 0 Å². The van der Waals surface area contributed by atoms with Gasteiger partial charge in [-0.2, -0.15) is 0 Å². The second-order valence-electron chi connectivity index (χ2n) is 12.3. The van der Waals surface area contributed by atoms with Gasteiger partial charge in [0, 0.05) is 61.4 Å². The Morgan fingerprint density at radius 1 is 1.05 bits per heavy atom. The average Bonchev–Trinajstić information content (AvgIpc) is 3.14. The number of piperazine rings is 1. The number of anilines is 1. The number of carbonyl (C=O) groups excluding carboxylic acids is 1. The van der Waals surface area contributed by atoms with E-state index in [4.69, 9.17) is 4.74 Å². The van der Waals surface area contributed by atoms with Crippen molar-refractivity contribution in [1.82, 2.24) is 15.1 Å². The number of carbonyl (C=O) groups is 1. The predicted molar refractivity (Wildman–Crippen MR) is 150 cm³/mol. The van der Waals surface area contributed by atoms with Gasteiger partial charge in [-0.3, -0.25) is 14.6 Å². The maximum atomic E-state index is 13.9. The Bertz CT molecular complexity index is 1130. The van der Waals surface area contributed by atoms with Crippen LogP contribution in [0.2, 0.25) is 0 Å². The molecule has 2 aromatic rings. The van der Waals surface area contributed by atoms with Gasteiger partial charge >= 0.3 is 0 Å². The number of ether oxygens (including phenoxy) is 1. The first-order chi connectivity index (χ1) is 18.1. The molecule has 206 valence electrons. The van der Waals surface area contributed by atoms with Crippen LogP contribution in [0.25, 0.3) is 0 Å². The van der Waals surface area contributed by atoms with E-state index in [9.17, 15) is 9.18 Å². The summed E-state index contributed by atoms with van der Waals surface area (Å²) in [5, 5.41) is 3.64. The van der Waals surface area contributed by atoms with Gasteiger partial charge in [0.1, 0.15) is 5.82 Å². The summed E-state index contributed by atoms with van der Waals surface area (Å²) in [5.74, 6) is -0.0581. The second kappa shape index (κ2) is 11.0. The lowest BCUT2D eigenvalue weighted by Gasteiger charge is -2.46. The number of fused-ring (bicyclic) bond motifs is 1. The van der Waals surface area contributed by atoms with Crippen LogP contribution in [0.15, 0.2) is 42.5 Å². The highest BCUT2D eigenvalue weighted by Gasteiger charge is 2.40. The Hall–Kier alpha value is -2.32. The van der Waals surface area contributed by atoms with Crippen LogP contribution in [-0.4, -0.2) is 85.8 Å². The van der Waals surface area contributed by atoms with E-state index in [1.165, 1.54) is 17.7 Å². The molecule has 5 rings (SSSR count). The Kier molecular flexibility index (Phi) is 7.92. The molecule has 1 N–H and O–H groups in total. The molecule has 2 saturated heterocycles. The van der Waals surface area contributed by atoms with E-state index >= 15 is 0 Å². The van der Waals surface area contributed by atoms with Crippen LogP contribution in [-0.2, 0) is 21.4 Å². The van der Waals surface area contributed by atoms with E-state index in [1.807, 2.05) is 17.0 Å². The van der Waals surface area contributed by atoms with Crippen molar-refractivity contribution < 1.29 is 13.9 Å². The minimum absolute atomic E-state index is 0.103. The van der Waals surface area contributed by atoms with E-state index in [0.717, 1.165) is 49.7 Å². The monoisotopic (exact) mass is 522 g/mol. The lowest BCUT2D eigenvalue weighted by atomic mass is 9.86. The van der Waals surface area contributed by atoms with Crippen LogP contribution in [0.1, 0.15) is 51.3 Å². The molecular formula is C31H43FN4O2. The molecule has 0 aliphatic carbocycles. The van der Waals surface area contributed by atoms with Gasteiger partial charge in [0.25, 0.3) is 0 Å². The minimum atomic E-state index is -0.223. The van der Waals surface area contributed by atoms with Crippen molar-refractivity contribution in [3.8, 4) is 0 Å². The highest BCUT2D eigenvalue weighted by molar-refractivity contribution is 5.97. The predicted octanol–water partition coefficient (Wildman–Crippen LogP) is 3.81. The van der Waals surface area contributed by atoms with Gasteiger partial charge in [-0.25, -0.2) is 4.39 Å². The van der Waals surface area contributed by atoms with Crippen molar-refractivity contribution in [2.75, 3.05) is 50.8 Å². The van der Waals surface area contributed by atoms with E-state index < -0.39 is 0 Å². The smallest absolute Gasteiger partial charge is 0.241 e. The van der Waals surface area contributed by atoms with Gasteiger partial charge in [-0.05, 0) is 62.1 Å². The normalized spacial score (nSPS) is 27.9. The summed E-state index contributed by atoms with van der Waals surface area (Å²) in [5.41, 5.74) is 4.33. The Morgan fingerprint density at radius 3 is 2.45 bits per heavy atom. The Morgan fingerprint density at radius 2 is 1.74 bits per heavy atom. The highest BCUT2D eigenvalue weighted by atomic mass is 19.1. The SMILES string of the molecule is C[C@@H]1CN(CC(=O)N2CC(C)(C)c3ccc(Cc4ccc(F)cc4)cc32)[C@@H](CN2[C@H](C)COC[C@H]2C)CN1. The standard InChI is InChI=1S/C31H43FN4O2/c1-21-15-34(27(14-33-21)16-35-22(2)18-38-19-23(35)3)17-30(37)36-20-31(4,5)28-11-8-25(13-29(28)36)12-24-6-9-26(32)10-7-24/h6-11,13,21-23,27,33H,12,14-20H2,1-5H3/t21-,22-,23-,27-/m1/s1. The van der Waals surface area contributed by atoms with Crippen molar-refractivity contribution in [1.29, 1.82) is 0 Å². The molecule has 3 heterocycles. The molecule has 38 heavy (non-hydrogen) atoms. The fourth-order valence-corrected chi connectivity index (χ4v) is 6.41. The molecule has 0 aromatic heterocycles. The summed E-state index contributed by atoms with van der Waals surface area (Å²) in [6.07, 6.45) is 0.712. The number of halogens is 1. The molecule has 2 fully saturated rings. The average molecular weight is 523 g/mol. The van der Waals surface area contributed by atoms with Crippen molar-refractivity contribution in [3.63, 3.8) is 0 Å². The van der Waals surface area contributed by atoms with Crippen molar-refractivity contribution in [2.45, 2.75) is 70.6 Å². The fraction of sp³-hybridized carbons (Fsp3) is 0.581. The number of morpholine rings is 1. The first-order valence-corrected chi connectivity index (χ1v) is 14.1. The molecule has 0 unspecified atom stereocenters. The van der Waals surface area contributed by atoms with Gasteiger partial charge < -0.3 is 15.0 Å². The first-order valence-electron chi connectivity index (χ1n) is 14.1. The molecule has 7 heteroatoms. The fourth-order valence-electron chi connectivity index (χ4n) is 6.41. The molecule has 4 atom stereocenters. The molecular weight excluding hydrogens is 479 g/mol. The van der Waals surface area contributed by atoms with Crippen molar-refractivity contribution >= 4 is 11.6 Å². The summed E-state index contributed by atoms with van der Waals surface area (Å²) in [7, 11) is 0. The Balaban J connectivity index is 1.33. The van der Waals surface area contributed by atoms with Gasteiger partial charge in [0.2, 0.25) is 5.91 Å². The maximum absolute atomic E-state index is 13.9. The highest BCUT2D eigenvalue weighted by Crippen LogP contribution is 2.41.